The van der Waals surface area contributed by atoms with E-state index in [2.05, 4.69) is 45.3 Å². The zero-order chi connectivity index (χ0) is 22.2. The van der Waals surface area contributed by atoms with Gasteiger partial charge in [-0.2, -0.15) is 0 Å². The number of aliphatic hydroxyl groups excluding tert-OH is 1. The molecule has 0 amide bonds. The van der Waals surface area contributed by atoms with Crippen molar-refractivity contribution in [1.82, 2.24) is 0 Å². The Morgan fingerprint density at radius 2 is 1.00 bits per heavy atom. The zero-order valence-corrected chi connectivity index (χ0v) is 14.4. The lowest BCUT2D eigenvalue weighted by Crippen LogP contribution is -2.74. The fraction of sp³-hybridized carbons (Fsp3) is 0.250. The summed E-state index contributed by atoms with van der Waals surface area (Å²) in [6, 6.07) is 0. The van der Waals surface area contributed by atoms with Gasteiger partial charge in [0.15, 0.2) is 0 Å². The summed E-state index contributed by atoms with van der Waals surface area (Å²) in [5, 5.41) is 41.0. The summed E-state index contributed by atoms with van der Waals surface area (Å²) in [5.74, 6) is -18.3. The molecule has 0 aliphatic heterocycles. The molecule has 28 heavy (non-hydrogen) atoms. The summed E-state index contributed by atoms with van der Waals surface area (Å²) in [5.41, 5.74) is 0. The number of carbonyl (C=O) groups is 4. The second-order valence-electron chi connectivity index (χ2n) is 4.67. The van der Waals surface area contributed by atoms with Crippen molar-refractivity contribution in [2.24, 2.45) is 0 Å². The van der Waals surface area contributed by atoms with Gasteiger partial charge >= 0.3 is 41.4 Å². The SMILES string of the molecule is C=CC(=O)OC(O)(CO)C(O)(OC(=O)C=C)C(O)(OC(=O)C=C)OC(=O)C=C. The Morgan fingerprint density at radius 1 is 0.679 bits per heavy atom. The van der Waals surface area contributed by atoms with Crippen LogP contribution in [0.5, 0.6) is 0 Å². The fourth-order valence-electron chi connectivity index (χ4n) is 1.51. The van der Waals surface area contributed by atoms with Crippen LogP contribution >= 0.6 is 0 Å². The zero-order valence-electron chi connectivity index (χ0n) is 14.4. The second-order valence-corrected chi connectivity index (χ2v) is 4.67. The van der Waals surface area contributed by atoms with Crippen LogP contribution in [0.1, 0.15) is 0 Å². The van der Waals surface area contributed by atoms with Crippen molar-refractivity contribution in [1.29, 1.82) is 0 Å². The molecule has 0 radical (unpaired) electrons. The first-order chi connectivity index (χ1) is 12.9. The van der Waals surface area contributed by atoms with E-state index in [0.29, 0.717) is 24.3 Å². The minimum Gasteiger partial charge on any atom is -0.420 e. The number of esters is 4. The largest absolute Gasteiger partial charge is 0.451 e. The predicted octanol–water partition coefficient (Wildman–Crippen LogP) is -2.08. The average molecular weight is 402 g/mol. The van der Waals surface area contributed by atoms with Crippen molar-refractivity contribution in [3.05, 3.63) is 50.6 Å². The van der Waals surface area contributed by atoms with Gasteiger partial charge in [0, 0.05) is 24.3 Å². The predicted molar refractivity (Wildman–Crippen MR) is 87.1 cm³/mol. The van der Waals surface area contributed by atoms with Gasteiger partial charge in [0.05, 0.1) is 0 Å². The minimum atomic E-state index is -4.16. The van der Waals surface area contributed by atoms with Gasteiger partial charge in [-0.25, -0.2) is 19.2 Å². The van der Waals surface area contributed by atoms with Crippen LogP contribution in [0.25, 0.3) is 0 Å². The summed E-state index contributed by atoms with van der Waals surface area (Å²) < 4.78 is 17.2. The van der Waals surface area contributed by atoms with E-state index in [-0.39, 0.29) is 0 Å². The molecule has 12 heteroatoms. The molecule has 2 atom stereocenters. The molecule has 0 fully saturated rings. The third-order valence-electron chi connectivity index (χ3n) is 2.83. The van der Waals surface area contributed by atoms with Crippen LogP contribution in [-0.4, -0.2) is 68.5 Å². The summed E-state index contributed by atoms with van der Waals surface area (Å²) in [7, 11) is 0. The van der Waals surface area contributed by atoms with Gasteiger partial charge in [-0.15, -0.1) is 0 Å². The van der Waals surface area contributed by atoms with Gasteiger partial charge in [-0.1, -0.05) is 26.3 Å². The molecular formula is C16H18O12. The Hall–Kier alpha value is -3.32. The van der Waals surface area contributed by atoms with Crippen LogP contribution in [0.3, 0.4) is 0 Å². The highest BCUT2D eigenvalue weighted by atomic mass is 16.9. The fourth-order valence-corrected chi connectivity index (χ4v) is 1.51. The molecule has 154 valence electrons. The van der Waals surface area contributed by atoms with Crippen molar-refractivity contribution >= 4 is 23.9 Å². The molecule has 0 saturated carbocycles. The highest BCUT2D eigenvalue weighted by Crippen LogP contribution is 2.38. The van der Waals surface area contributed by atoms with Gasteiger partial charge in [0.25, 0.3) is 0 Å². The third-order valence-corrected chi connectivity index (χ3v) is 2.83. The van der Waals surface area contributed by atoms with Crippen LogP contribution in [0.2, 0.25) is 0 Å². The molecule has 0 aromatic rings. The van der Waals surface area contributed by atoms with E-state index in [0.717, 1.165) is 0 Å². The van der Waals surface area contributed by atoms with Crippen molar-refractivity contribution in [2.75, 3.05) is 6.61 Å². The van der Waals surface area contributed by atoms with Crippen molar-refractivity contribution in [2.45, 2.75) is 17.5 Å². The first-order valence-electron chi connectivity index (χ1n) is 7.08. The van der Waals surface area contributed by atoms with E-state index in [1.165, 1.54) is 0 Å². The van der Waals surface area contributed by atoms with Crippen molar-refractivity contribution in [3.8, 4) is 0 Å². The Kier molecular flexibility index (Phi) is 8.43. The summed E-state index contributed by atoms with van der Waals surface area (Å²) in [4.78, 5) is 46.1. The smallest absolute Gasteiger partial charge is 0.420 e. The maximum absolute atomic E-state index is 11.6. The molecule has 0 spiro atoms. The average Bonchev–Trinajstić information content (AvgIpc) is 2.66. The third kappa shape index (κ3) is 5.11. The molecule has 12 nitrogen and oxygen atoms in total. The number of rotatable bonds is 11. The van der Waals surface area contributed by atoms with Gasteiger partial charge < -0.3 is 39.4 Å². The maximum Gasteiger partial charge on any atom is 0.451 e. The van der Waals surface area contributed by atoms with Gasteiger partial charge in [0.2, 0.25) is 0 Å². The van der Waals surface area contributed by atoms with Gasteiger partial charge in [0.1, 0.15) is 6.61 Å². The molecule has 0 aliphatic rings. The summed E-state index contributed by atoms with van der Waals surface area (Å²) >= 11 is 0. The van der Waals surface area contributed by atoms with Crippen LogP contribution < -0.4 is 0 Å². The Morgan fingerprint density at radius 3 is 1.32 bits per heavy atom. The van der Waals surface area contributed by atoms with Crippen LogP contribution in [0.4, 0.5) is 0 Å². The number of aliphatic hydroxyl groups is 4. The van der Waals surface area contributed by atoms with Crippen LogP contribution in [0.15, 0.2) is 50.6 Å². The molecule has 0 rings (SSSR count). The van der Waals surface area contributed by atoms with Gasteiger partial charge in [-0.05, 0) is 0 Å². The second kappa shape index (κ2) is 9.57. The number of carbonyl (C=O) groups excluding carboxylic acids is 4. The van der Waals surface area contributed by atoms with Crippen molar-refractivity contribution in [3.63, 3.8) is 0 Å². The van der Waals surface area contributed by atoms with E-state index in [1.54, 1.807) is 0 Å². The Bertz CT molecular complexity index is 674. The molecule has 4 N–H and O–H groups in total. The number of hydrogen-bond acceptors (Lipinski definition) is 12. The molecular weight excluding hydrogens is 384 g/mol. The van der Waals surface area contributed by atoms with Gasteiger partial charge in [-0.3, -0.25) is 0 Å². The number of ether oxygens (including phenoxy) is 4. The standard InChI is InChI=1S/C16H18O12/c1-5-10(18)25-14(22,9-17)15(23,26-11(19)6-2)16(24,27-12(20)7-3)28-13(21)8-4/h5-8,17,22-24H,1-4,9H2. The van der Waals surface area contributed by atoms with E-state index in [4.69, 9.17) is 0 Å². The molecule has 0 heterocycles. The van der Waals surface area contributed by atoms with Crippen molar-refractivity contribution < 1.29 is 58.6 Å². The Balaban J connectivity index is 6.76. The lowest BCUT2D eigenvalue weighted by atomic mass is 10.0. The topological polar surface area (TPSA) is 186 Å². The first kappa shape index (κ1) is 24.7. The van der Waals surface area contributed by atoms with E-state index in [1.807, 2.05) is 0 Å². The van der Waals surface area contributed by atoms with E-state index in [9.17, 15) is 39.6 Å². The normalized spacial score (nSPS) is 14.9. The highest BCUT2D eigenvalue weighted by molar-refractivity contribution is 5.84. The first-order valence-corrected chi connectivity index (χ1v) is 7.08. The molecule has 0 saturated heterocycles. The molecule has 0 aromatic heterocycles. The summed E-state index contributed by atoms with van der Waals surface area (Å²) in [6.45, 7) is 10.2. The quantitative estimate of drug-likeness (QED) is 0.128. The minimum absolute atomic E-state index is 0.392. The highest BCUT2D eigenvalue weighted by Gasteiger charge is 2.74. The molecule has 0 bridgehead atoms. The number of hydrogen-bond donors (Lipinski definition) is 4. The molecule has 0 aromatic carbocycles. The molecule has 2 unspecified atom stereocenters. The van der Waals surface area contributed by atoms with E-state index >= 15 is 0 Å². The Labute approximate surface area is 158 Å². The summed E-state index contributed by atoms with van der Waals surface area (Å²) in [6.07, 6.45) is 1.66. The van der Waals surface area contributed by atoms with Crippen LogP contribution in [-0.2, 0) is 38.1 Å². The molecule has 0 aliphatic carbocycles. The monoisotopic (exact) mass is 402 g/mol. The lowest BCUT2D eigenvalue weighted by Gasteiger charge is -2.45. The maximum atomic E-state index is 11.6. The lowest BCUT2D eigenvalue weighted by molar-refractivity contribution is -0.502. The van der Waals surface area contributed by atoms with Crippen LogP contribution in [0, 0.1) is 0 Å². The van der Waals surface area contributed by atoms with E-state index < -0.39 is 48.0 Å².